The average Bonchev–Trinajstić information content (AvgIpc) is 2.49. The molecule has 5 N–H and O–H groups in total. The molecule has 0 fully saturated rings. The number of carbonyl (C=O) groups excluding carboxylic acids is 1. The zero-order chi connectivity index (χ0) is 14.5. The fourth-order valence-corrected chi connectivity index (χ4v) is 1.70. The molecule has 6 heteroatoms. The summed E-state index contributed by atoms with van der Waals surface area (Å²) in [5.74, 6) is 0.109. The summed E-state index contributed by atoms with van der Waals surface area (Å²) in [7, 11) is 1.31. The van der Waals surface area contributed by atoms with Gasteiger partial charge in [0.1, 0.15) is 6.04 Å². The lowest BCUT2D eigenvalue weighted by Crippen LogP contribution is -2.22. The Morgan fingerprint density at radius 3 is 2.60 bits per heavy atom. The largest absolute Gasteiger partial charge is 0.468 e. The standard InChI is InChI=1S/C14H16N4O2/c1-20-14(19)12(16)9-4-6-10(7-5-9)18-13-11(15)3-2-8-17-13/h2-8,12H,15-16H2,1H3,(H,17,18). The second-order valence-corrected chi connectivity index (χ2v) is 4.19. The molecule has 104 valence electrons. The number of rotatable bonds is 4. The highest BCUT2D eigenvalue weighted by atomic mass is 16.5. The fourth-order valence-electron chi connectivity index (χ4n) is 1.70. The van der Waals surface area contributed by atoms with Gasteiger partial charge in [0.2, 0.25) is 0 Å². The number of ether oxygens (including phenoxy) is 1. The molecule has 0 saturated carbocycles. The SMILES string of the molecule is COC(=O)C(N)c1ccc(Nc2ncccc2N)cc1. The molecule has 0 saturated heterocycles. The van der Waals surface area contributed by atoms with Crippen LogP contribution < -0.4 is 16.8 Å². The Labute approximate surface area is 116 Å². The summed E-state index contributed by atoms with van der Waals surface area (Å²) in [5.41, 5.74) is 13.6. The van der Waals surface area contributed by atoms with E-state index < -0.39 is 12.0 Å². The molecule has 20 heavy (non-hydrogen) atoms. The number of benzene rings is 1. The van der Waals surface area contributed by atoms with Gasteiger partial charge in [-0.3, -0.25) is 4.79 Å². The van der Waals surface area contributed by atoms with Crippen molar-refractivity contribution in [1.82, 2.24) is 4.98 Å². The molecular weight excluding hydrogens is 256 g/mol. The smallest absolute Gasteiger partial charge is 0.327 e. The lowest BCUT2D eigenvalue weighted by molar-refractivity contribution is -0.142. The highest BCUT2D eigenvalue weighted by Gasteiger charge is 2.15. The van der Waals surface area contributed by atoms with Crippen LogP contribution in [0.15, 0.2) is 42.6 Å². The second-order valence-electron chi connectivity index (χ2n) is 4.19. The molecule has 0 aliphatic heterocycles. The quantitative estimate of drug-likeness (QED) is 0.730. The molecule has 0 spiro atoms. The molecule has 1 aromatic heterocycles. The molecule has 0 aliphatic carbocycles. The van der Waals surface area contributed by atoms with Gasteiger partial charge in [-0.15, -0.1) is 0 Å². The zero-order valence-corrected chi connectivity index (χ0v) is 11.0. The van der Waals surface area contributed by atoms with E-state index in [-0.39, 0.29) is 0 Å². The number of hydrogen-bond donors (Lipinski definition) is 3. The van der Waals surface area contributed by atoms with E-state index in [0.717, 1.165) is 5.69 Å². The Morgan fingerprint density at radius 2 is 2.00 bits per heavy atom. The van der Waals surface area contributed by atoms with Crippen LogP contribution in [0.4, 0.5) is 17.2 Å². The first-order valence-electron chi connectivity index (χ1n) is 6.02. The molecular formula is C14H16N4O2. The minimum absolute atomic E-state index is 0.473. The topological polar surface area (TPSA) is 103 Å². The maximum atomic E-state index is 11.3. The van der Waals surface area contributed by atoms with E-state index in [1.54, 1.807) is 42.6 Å². The highest BCUT2D eigenvalue weighted by Crippen LogP contribution is 2.21. The van der Waals surface area contributed by atoms with Crippen LogP contribution in [0.25, 0.3) is 0 Å². The zero-order valence-electron chi connectivity index (χ0n) is 11.0. The third-order valence-corrected chi connectivity index (χ3v) is 2.83. The van der Waals surface area contributed by atoms with Crippen LogP contribution >= 0.6 is 0 Å². The lowest BCUT2D eigenvalue weighted by Gasteiger charge is -2.11. The van der Waals surface area contributed by atoms with Gasteiger partial charge < -0.3 is 21.5 Å². The van der Waals surface area contributed by atoms with Gasteiger partial charge in [0.15, 0.2) is 5.82 Å². The first-order valence-corrected chi connectivity index (χ1v) is 6.02. The van der Waals surface area contributed by atoms with Crippen molar-refractivity contribution in [2.45, 2.75) is 6.04 Å². The number of carbonyl (C=O) groups is 1. The predicted octanol–water partition coefficient (Wildman–Crippen LogP) is 1.58. The molecule has 1 aromatic carbocycles. The molecule has 2 rings (SSSR count). The molecule has 1 atom stereocenters. The summed E-state index contributed by atoms with van der Waals surface area (Å²) in [5, 5.41) is 3.09. The summed E-state index contributed by atoms with van der Waals surface area (Å²) in [6, 6.07) is 9.84. The molecule has 0 radical (unpaired) electrons. The second kappa shape index (κ2) is 6.03. The van der Waals surface area contributed by atoms with Gasteiger partial charge in [0.05, 0.1) is 12.8 Å². The maximum Gasteiger partial charge on any atom is 0.327 e. The van der Waals surface area contributed by atoms with Crippen molar-refractivity contribution >= 4 is 23.2 Å². The summed E-state index contributed by atoms with van der Waals surface area (Å²) in [4.78, 5) is 15.5. The first-order chi connectivity index (χ1) is 9.61. The van der Waals surface area contributed by atoms with Crippen LogP contribution in [0.2, 0.25) is 0 Å². The van der Waals surface area contributed by atoms with Crippen molar-refractivity contribution in [2.24, 2.45) is 5.73 Å². The van der Waals surface area contributed by atoms with Gasteiger partial charge in [-0.2, -0.15) is 0 Å². The number of hydrogen-bond acceptors (Lipinski definition) is 6. The van der Waals surface area contributed by atoms with E-state index in [1.165, 1.54) is 7.11 Å². The molecule has 1 heterocycles. The number of nitrogens with zero attached hydrogens (tertiary/aromatic N) is 1. The normalized spacial score (nSPS) is 11.7. The number of aromatic nitrogens is 1. The minimum atomic E-state index is -0.783. The number of nitrogen functional groups attached to an aromatic ring is 1. The van der Waals surface area contributed by atoms with Gasteiger partial charge in [-0.25, -0.2) is 4.98 Å². The Balaban J connectivity index is 2.13. The van der Waals surface area contributed by atoms with E-state index >= 15 is 0 Å². The number of pyridine rings is 1. The average molecular weight is 272 g/mol. The number of methoxy groups -OCH3 is 1. The Morgan fingerprint density at radius 1 is 1.30 bits per heavy atom. The summed E-state index contributed by atoms with van der Waals surface area (Å²) in [6.45, 7) is 0. The molecule has 0 bridgehead atoms. The molecule has 6 nitrogen and oxygen atoms in total. The van der Waals surface area contributed by atoms with E-state index in [0.29, 0.717) is 17.1 Å². The van der Waals surface area contributed by atoms with Gasteiger partial charge in [0.25, 0.3) is 0 Å². The molecule has 0 amide bonds. The van der Waals surface area contributed by atoms with Crippen molar-refractivity contribution < 1.29 is 9.53 Å². The Bertz CT molecular complexity index is 598. The number of anilines is 3. The van der Waals surface area contributed by atoms with E-state index in [4.69, 9.17) is 11.5 Å². The summed E-state index contributed by atoms with van der Waals surface area (Å²) in [6.07, 6.45) is 1.65. The Kier molecular flexibility index (Phi) is 4.17. The third-order valence-electron chi connectivity index (χ3n) is 2.83. The van der Waals surface area contributed by atoms with Crippen LogP contribution in [0, 0.1) is 0 Å². The van der Waals surface area contributed by atoms with Crippen molar-refractivity contribution in [1.29, 1.82) is 0 Å². The number of esters is 1. The maximum absolute atomic E-state index is 11.3. The Hall–Kier alpha value is -2.60. The summed E-state index contributed by atoms with van der Waals surface area (Å²) < 4.78 is 4.60. The monoisotopic (exact) mass is 272 g/mol. The van der Waals surface area contributed by atoms with Gasteiger partial charge in [-0.05, 0) is 29.8 Å². The van der Waals surface area contributed by atoms with Gasteiger partial charge in [-0.1, -0.05) is 12.1 Å². The van der Waals surface area contributed by atoms with E-state index in [9.17, 15) is 4.79 Å². The van der Waals surface area contributed by atoms with Gasteiger partial charge in [0, 0.05) is 11.9 Å². The molecule has 1 unspecified atom stereocenters. The lowest BCUT2D eigenvalue weighted by atomic mass is 10.1. The van der Waals surface area contributed by atoms with Crippen LogP contribution in [-0.2, 0) is 9.53 Å². The van der Waals surface area contributed by atoms with Crippen molar-refractivity contribution in [3.8, 4) is 0 Å². The van der Waals surface area contributed by atoms with E-state index in [2.05, 4.69) is 15.0 Å². The van der Waals surface area contributed by atoms with Crippen LogP contribution in [0.1, 0.15) is 11.6 Å². The molecule has 2 aromatic rings. The first kappa shape index (κ1) is 13.8. The van der Waals surface area contributed by atoms with Gasteiger partial charge >= 0.3 is 5.97 Å². The van der Waals surface area contributed by atoms with Crippen LogP contribution in [0.5, 0.6) is 0 Å². The van der Waals surface area contributed by atoms with Crippen molar-refractivity contribution in [2.75, 3.05) is 18.2 Å². The predicted molar refractivity (Wildman–Crippen MR) is 77.3 cm³/mol. The van der Waals surface area contributed by atoms with Crippen molar-refractivity contribution in [3.05, 3.63) is 48.2 Å². The third kappa shape index (κ3) is 3.04. The fraction of sp³-hybridized carbons (Fsp3) is 0.143. The molecule has 0 aliphatic rings. The number of nitrogens with two attached hydrogens (primary N) is 2. The summed E-state index contributed by atoms with van der Waals surface area (Å²) >= 11 is 0. The highest BCUT2D eigenvalue weighted by molar-refractivity contribution is 5.77. The van der Waals surface area contributed by atoms with Crippen LogP contribution in [-0.4, -0.2) is 18.1 Å². The minimum Gasteiger partial charge on any atom is -0.468 e. The number of nitrogens with one attached hydrogen (secondary N) is 1. The van der Waals surface area contributed by atoms with Crippen molar-refractivity contribution in [3.63, 3.8) is 0 Å². The van der Waals surface area contributed by atoms with Crippen LogP contribution in [0.3, 0.4) is 0 Å². The van der Waals surface area contributed by atoms with E-state index in [1.807, 2.05) is 0 Å².